The molecular formula is C25H36N3O6PS. The number of allylic oxidation sites excluding steroid dienone is 2. The Labute approximate surface area is 214 Å². The summed E-state index contributed by atoms with van der Waals surface area (Å²) in [5.74, 6) is -0.129. The van der Waals surface area contributed by atoms with Crippen molar-refractivity contribution in [3.8, 4) is 0 Å². The number of amides is 1. The summed E-state index contributed by atoms with van der Waals surface area (Å²) in [5.41, 5.74) is 1.17. The van der Waals surface area contributed by atoms with Crippen LogP contribution in [0.15, 0.2) is 53.7 Å². The molecule has 1 atom stereocenters. The topological polar surface area (TPSA) is 125 Å². The molecule has 0 saturated carbocycles. The van der Waals surface area contributed by atoms with Gasteiger partial charge in [-0.3, -0.25) is 14.3 Å². The van der Waals surface area contributed by atoms with E-state index in [0.717, 1.165) is 24.7 Å². The van der Waals surface area contributed by atoms with Gasteiger partial charge in [0.15, 0.2) is 15.7 Å². The number of carbonyl (C=O) groups excluding carboxylic acids is 1. The van der Waals surface area contributed by atoms with E-state index >= 15 is 0 Å². The largest absolute Gasteiger partial charge is 0.336 e. The number of aromatic nitrogens is 2. The highest BCUT2D eigenvalue weighted by Gasteiger charge is 2.27. The Bertz CT molecular complexity index is 1170. The molecule has 198 valence electrons. The maximum atomic E-state index is 13.3. The Kier molecular flexibility index (Phi) is 11.0. The molecule has 0 bridgehead atoms. The molecule has 1 heterocycles. The Balaban J connectivity index is 0.00000456. The fourth-order valence-electron chi connectivity index (χ4n) is 3.98. The lowest BCUT2D eigenvalue weighted by atomic mass is 9.87. The van der Waals surface area contributed by atoms with Gasteiger partial charge in [-0.25, -0.2) is 13.4 Å². The third-order valence-corrected chi connectivity index (χ3v) is 8.81. The van der Waals surface area contributed by atoms with Gasteiger partial charge in [0.2, 0.25) is 5.91 Å². The van der Waals surface area contributed by atoms with Gasteiger partial charge in [0.25, 0.3) is 0 Å². The zero-order chi connectivity index (χ0) is 25.5. The summed E-state index contributed by atoms with van der Waals surface area (Å²) in [5, 5.41) is 2.82. The van der Waals surface area contributed by atoms with E-state index in [1.165, 1.54) is 24.5 Å². The van der Waals surface area contributed by atoms with Crippen LogP contribution in [0.1, 0.15) is 57.7 Å². The minimum Gasteiger partial charge on any atom is -0.309 e. The molecular weight excluding hydrogens is 501 g/mol. The first-order chi connectivity index (χ1) is 16.6. The fraction of sp³-hybridized carbons (Fsp3) is 0.480. The lowest BCUT2D eigenvalue weighted by Crippen LogP contribution is -2.24. The van der Waals surface area contributed by atoms with Crippen LogP contribution in [-0.2, 0) is 34.4 Å². The lowest BCUT2D eigenvalue weighted by molar-refractivity contribution is -0.118. The molecule has 36 heavy (non-hydrogen) atoms. The molecule has 0 aliphatic heterocycles. The Morgan fingerprint density at radius 2 is 1.69 bits per heavy atom. The number of hydrogen-bond acceptors (Lipinski definition) is 8. The highest BCUT2D eigenvalue weighted by Crippen LogP contribution is 2.50. The zero-order valence-electron chi connectivity index (χ0n) is 20.2. The third kappa shape index (κ3) is 8.34. The van der Waals surface area contributed by atoms with Crippen LogP contribution in [0.25, 0.3) is 0 Å². The van der Waals surface area contributed by atoms with Gasteiger partial charge in [-0.05, 0) is 56.7 Å². The maximum Gasteiger partial charge on any atom is 0.336 e. The first-order valence-electron chi connectivity index (χ1n) is 11.6. The van der Waals surface area contributed by atoms with E-state index in [2.05, 4.69) is 27.4 Å². The van der Waals surface area contributed by atoms with Gasteiger partial charge in [-0.2, -0.15) is 0 Å². The number of nitrogens with one attached hydrogen (secondary N) is 1. The molecule has 9 nitrogen and oxygen atoms in total. The van der Waals surface area contributed by atoms with Gasteiger partial charge < -0.3 is 14.4 Å². The van der Waals surface area contributed by atoms with Crippen LogP contribution in [0, 0.1) is 5.92 Å². The van der Waals surface area contributed by atoms with Crippen molar-refractivity contribution in [2.24, 2.45) is 5.92 Å². The van der Waals surface area contributed by atoms with Crippen LogP contribution >= 0.6 is 7.60 Å². The summed E-state index contributed by atoms with van der Waals surface area (Å²) < 4.78 is 46.9. The number of rotatable bonds is 12. The molecule has 2 aromatic rings. The van der Waals surface area contributed by atoms with Crippen LogP contribution in [0.4, 0.5) is 5.82 Å². The van der Waals surface area contributed by atoms with Crippen molar-refractivity contribution in [1.82, 2.24) is 9.97 Å². The second-order valence-electron chi connectivity index (χ2n) is 8.43. The molecule has 3 rings (SSSR count). The third-order valence-electron chi connectivity index (χ3n) is 5.67. The second kappa shape index (κ2) is 13.2. The first kappa shape index (κ1) is 29.8. The van der Waals surface area contributed by atoms with Crippen molar-refractivity contribution >= 4 is 29.2 Å². The van der Waals surface area contributed by atoms with E-state index < -0.39 is 23.4 Å². The van der Waals surface area contributed by atoms with Gasteiger partial charge in [0, 0.05) is 6.26 Å². The predicted molar refractivity (Wildman–Crippen MR) is 141 cm³/mol. The van der Waals surface area contributed by atoms with Crippen molar-refractivity contribution < 1.29 is 26.8 Å². The highest BCUT2D eigenvalue weighted by molar-refractivity contribution is 7.90. The van der Waals surface area contributed by atoms with E-state index in [-0.39, 0.29) is 43.4 Å². The fourth-order valence-corrected chi connectivity index (χ4v) is 6.21. The summed E-state index contributed by atoms with van der Waals surface area (Å²) in [6, 6.07) is 6.44. The standard InChI is InChI=1S/C24H32N3O6PS.CH4/c1-4-32-34(29,33-5-2)17-20-15-26-23(16-25-20)27-24(28)22(14-18-8-6-7-9-18)19-10-12-21(13-11-19)35(3,30)31;/h6-7,10-13,15-16,18,22H,4-5,8-9,14,17H2,1-3H3,(H,26,27,28);1H4/t22-;/m1./s1. The smallest absolute Gasteiger partial charge is 0.309 e. The monoisotopic (exact) mass is 537 g/mol. The minimum atomic E-state index is -3.33. The van der Waals surface area contributed by atoms with Crippen molar-refractivity contribution in [2.45, 2.75) is 57.5 Å². The van der Waals surface area contributed by atoms with E-state index in [0.29, 0.717) is 18.0 Å². The van der Waals surface area contributed by atoms with Crippen molar-refractivity contribution in [2.75, 3.05) is 24.8 Å². The number of carbonyl (C=O) groups is 1. The molecule has 1 aliphatic rings. The SMILES string of the molecule is C.CCOP(=O)(Cc1cnc(NC(=O)[C@H](CC2CC=CC2)c2ccc(S(C)(=O)=O)cc2)cn1)OCC. The van der Waals surface area contributed by atoms with Gasteiger partial charge in [-0.15, -0.1) is 0 Å². The maximum absolute atomic E-state index is 13.3. The van der Waals surface area contributed by atoms with Crippen molar-refractivity contribution in [3.05, 3.63) is 60.1 Å². The number of sulfone groups is 1. The molecule has 1 amide bonds. The van der Waals surface area contributed by atoms with E-state index in [9.17, 15) is 17.8 Å². The summed E-state index contributed by atoms with van der Waals surface area (Å²) in [4.78, 5) is 22.0. The molecule has 0 radical (unpaired) electrons. The summed E-state index contributed by atoms with van der Waals surface area (Å²) in [6.07, 6.45) is 10.6. The van der Waals surface area contributed by atoms with Crippen LogP contribution in [0.5, 0.6) is 0 Å². The molecule has 11 heteroatoms. The average molecular weight is 538 g/mol. The van der Waals surface area contributed by atoms with Crippen LogP contribution < -0.4 is 5.32 Å². The van der Waals surface area contributed by atoms with Gasteiger partial charge in [0.05, 0.1) is 48.3 Å². The van der Waals surface area contributed by atoms with Crippen LogP contribution in [0.2, 0.25) is 0 Å². The predicted octanol–water partition coefficient (Wildman–Crippen LogP) is 5.36. The molecule has 1 aromatic heterocycles. The van der Waals surface area contributed by atoms with Crippen molar-refractivity contribution in [1.29, 1.82) is 0 Å². The first-order valence-corrected chi connectivity index (χ1v) is 15.2. The molecule has 1 N–H and O–H groups in total. The highest BCUT2D eigenvalue weighted by atomic mass is 32.2. The Morgan fingerprint density at radius 1 is 1.08 bits per heavy atom. The van der Waals surface area contributed by atoms with Crippen LogP contribution in [-0.4, -0.2) is 43.8 Å². The van der Waals surface area contributed by atoms with E-state index in [1.54, 1.807) is 26.0 Å². The number of nitrogens with zero attached hydrogens (tertiary/aromatic N) is 2. The number of hydrogen-bond donors (Lipinski definition) is 1. The van der Waals surface area contributed by atoms with Crippen molar-refractivity contribution in [3.63, 3.8) is 0 Å². The Hall–Kier alpha value is -2.39. The molecule has 0 fully saturated rings. The molecule has 0 unspecified atom stereocenters. The molecule has 1 aromatic carbocycles. The summed E-state index contributed by atoms with van der Waals surface area (Å²) in [6.45, 7) is 3.98. The summed E-state index contributed by atoms with van der Waals surface area (Å²) in [7, 11) is -6.64. The molecule has 1 aliphatic carbocycles. The average Bonchev–Trinajstić information content (AvgIpc) is 3.32. The van der Waals surface area contributed by atoms with Gasteiger partial charge in [0.1, 0.15) is 0 Å². The van der Waals surface area contributed by atoms with Gasteiger partial charge >= 0.3 is 7.60 Å². The zero-order valence-corrected chi connectivity index (χ0v) is 21.9. The quantitative estimate of drug-likeness (QED) is 0.283. The molecule has 0 spiro atoms. The van der Waals surface area contributed by atoms with Gasteiger partial charge in [-0.1, -0.05) is 31.7 Å². The number of anilines is 1. The Morgan fingerprint density at radius 3 is 2.19 bits per heavy atom. The normalized spacial score (nSPS) is 14.9. The van der Waals surface area contributed by atoms with Crippen LogP contribution in [0.3, 0.4) is 0 Å². The number of benzene rings is 1. The second-order valence-corrected chi connectivity index (χ2v) is 12.5. The molecule has 0 saturated heterocycles. The van der Waals surface area contributed by atoms with E-state index in [4.69, 9.17) is 9.05 Å². The summed E-state index contributed by atoms with van der Waals surface area (Å²) >= 11 is 0. The minimum absolute atomic E-state index is 0. The lowest BCUT2D eigenvalue weighted by Gasteiger charge is -2.21. The van der Waals surface area contributed by atoms with E-state index in [1.807, 2.05) is 0 Å².